The number of hydrogen-bond donors (Lipinski definition) is 1. The third-order valence-corrected chi connectivity index (χ3v) is 1.61. The van der Waals surface area contributed by atoms with Crippen molar-refractivity contribution >= 4 is 16.8 Å². The van der Waals surface area contributed by atoms with Gasteiger partial charge >= 0.3 is 0 Å². The van der Waals surface area contributed by atoms with Crippen LogP contribution in [-0.4, -0.2) is 20.7 Å². The van der Waals surface area contributed by atoms with E-state index in [4.69, 9.17) is 0 Å². The van der Waals surface area contributed by atoms with Gasteiger partial charge in [-0.1, -0.05) is 0 Å². The predicted molar refractivity (Wildman–Crippen MR) is 43.9 cm³/mol. The highest BCUT2D eigenvalue weighted by atomic mass is 16.1. The summed E-state index contributed by atoms with van der Waals surface area (Å²) in [4.78, 5) is 21.8. The molecule has 0 radical (unpaired) electrons. The van der Waals surface area contributed by atoms with E-state index in [1.54, 1.807) is 12.4 Å². The Morgan fingerprint density at radius 2 is 2.42 bits per heavy atom. The maximum Gasteiger partial charge on any atom is 0.196 e. The Hall–Kier alpha value is -1.71. The van der Waals surface area contributed by atoms with Gasteiger partial charge in [-0.3, -0.25) is 4.79 Å². The van der Waals surface area contributed by atoms with E-state index in [1.165, 1.54) is 6.92 Å². The molecule has 12 heavy (non-hydrogen) atoms. The summed E-state index contributed by atoms with van der Waals surface area (Å²) in [5, 5.41) is 0. The minimum atomic E-state index is -0.113. The van der Waals surface area contributed by atoms with Crippen molar-refractivity contribution in [3.05, 3.63) is 24.3 Å². The van der Waals surface area contributed by atoms with Crippen molar-refractivity contribution in [1.29, 1.82) is 0 Å². The lowest BCUT2D eigenvalue weighted by atomic mass is 10.4. The average Bonchev–Trinajstić information content (AvgIpc) is 2.49. The van der Waals surface area contributed by atoms with Gasteiger partial charge in [0.2, 0.25) is 0 Å². The van der Waals surface area contributed by atoms with Crippen molar-refractivity contribution in [3.63, 3.8) is 0 Å². The molecule has 1 N–H and O–H groups in total. The van der Waals surface area contributed by atoms with Crippen molar-refractivity contribution in [1.82, 2.24) is 15.0 Å². The largest absolute Gasteiger partial charge is 0.359 e. The molecule has 4 heteroatoms. The normalized spacial score (nSPS) is 10.4. The summed E-state index contributed by atoms with van der Waals surface area (Å²) < 4.78 is 0. The number of aromatic amines is 1. The summed E-state index contributed by atoms with van der Waals surface area (Å²) in [7, 11) is 0. The molecule has 0 saturated carbocycles. The third-order valence-electron chi connectivity index (χ3n) is 1.61. The van der Waals surface area contributed by atoms with Gasteiger partial charge in [-0.2, -0.15) is 0 Å². The van der Waals surface area contributed by atoms with Gasteiger partial charge in [0.25, 0.3) is 0 Å². The topological polar surface area (TPSA) is 58.6 Å². The fraction of sp³-hybridized carbons (Fsp3) is 0.125. The summed E-state index contributed by atoms with van der Waals surface area (Å²) >= 11 is 0. The number of carbonyl (C=O) groups excluding carboxylic acids is 1. The monoisotopic (exact) mass is 161 g/mol. The lowest BCUT2D eigenvalue weighted by molar-refractivity contribution is 0.100. The molecule has 0 aliphatic carbocycles. The smallest absolute Gasteiger partial charge is 0.196 e. The van der Waals surface area contributed by atoms with Crippen molar-refractivity contribution in [3.8, 4) is 0 Å². The van der Waals surface area contributed by atoms with Crippen LogP contribution in [-0.2, 0) is 0 Å². The summed E-state index contributed by atoms with van der Waals surface area (Å²) in [6, 6.07) is 1.81. The molecule has 60 valence electrons. The Bertz CT molecular complexity index is 433. The zero-order valence-corrected chi connectivity index (χ0v) is 6.53. The fourth-order valence-electron chi connectivity index (χ4n) is 1.01. The Morgan fingerprint density at radius 1 is 1.58 bits per heavy atom. The molecule has 2 aromatic rings. The summed E-state index contributed by atoms with van der Waals surface area (Å²) in [5.41, 5.74) is 1.62. The Balaban J connectivity index is 2.68. The average molecular weight is 161 g/mol. The molecule has 0 spiro atoms. The van der Waals surface area contributed by atoms with Gasteiger partial charge in [0.1, 0.15) is 0 Å². The van der Waals surface area contributed by atoms with Crippen LogP contribution in [0.4, 0.5) is 0 Å². The highest BCUT2D eigenvalue weighted by Crippen LogP contribution is 2.07. The van der Waals surface area contributed by atoms with Gasteiger partial charge in [0.15, 0.2) is 11.6 Å². The first-order chi connectivity index (χ1) is 5.77. The van der Waals surface area contributed by atoms with Crippen LogP contribution in [0.25, 0.3) is 11.0 Å². The van der Waals surface area contributed by atoms with E-state index >= 15 is 0 Å². The van der Waals surface area contributed by atoms with Crippen molar-refractivity contribution in [2.75, 3.05) is 0 Å². The van der Waals surface area contributed by atoms with Gasteiger partial charge in [0, 0.05) is 13.1 Å². The van der Waals surface area contributed by atoms with Crippen LogP contribution < -0.4 is 0 Å². The second-order valence-corrected chi connectivity index (χ2v) is 2.53. The molecular formula is C8H7N3O. The maximum absolute atomic E-state index is 10.9. The van der Waals surface area contributed by atoms with E-state index in [0.717, 1.165) is 11.0 Å². The minimum absolute atomic E-state index is 0.113. The lowest BCUT2D eigenvalue weighted by Crippen LogP contribution is -1.99. The Kier molecular flexibility index (Phi) is 1.40. The zero-order valence-electron chi connectivity index (χ0n) is 6.53. The molecule has 0 amide bonds. The summed E-state index contributed by atoms with van der Waals surface area (Å²) in [6.45, 7) is 1.45. The van der Waals surface area contributed by atoms with Gasteiger partial charge in [-0.25, -0.2) is 9.97 Å². The SMILES string of the molecule is CC(=O)c1ncc2[nH]ccc2n1. The second-order valence-electron chi connectivity index (χ2n) is 2.53. The molecule has 0 fully saturated rings. The number of fused-ring (bicyclic) bond motifs is 1. The van der Waals surface area contributed by atoms with Crippen LogP contribution in [0.3, 0.4) is 0 Å². The van der Waals surface area contributed by atoms with Crippen LogP contribution in [0.5, 0.6) is 0 Å². The number of nitrogens with one attached hydrogen (secondary N) is 1. The van der Waals surface area contributed by atoms with Gasteiger partial charge in [-0.15, -0.1) is 0 Å². The highest BCUT2D eigenvalue weighted by molar-refractivity contribution is 5.91. The number of aromatic nitrogens is 3. The molecule has 4 nitrogen and oxygen atoms in total. The Labute approximate surface area is 68.7 Å². The number of carbonyl (C=O) groups is 1. The molecule has 0 aromatic carbocycles. The van der Waals surface area contributed by atoms with Crippen LogP contribution in [0, 0.1) is 0 Å². The van der Waals surface area contributed by atoms with Crippen LogP contribution in [0.1, 0.15) is 17.5 Å². The second kappa shape index (κ2) is 2.41. The standard InChI is InChI=1S/C8H7N3O/c1-5(12)8-10-4-7-6(11-8)2-3-9-7/h2-4,9H,1H3. The number of hydrogen-bond acceptors (Lipinski definition) is 3. The van der Waals surface area contributed by atoms with Crippen LogP contribution >= 0.6 is 0 Å². The molecular weight excluding hydrogens is 154 g/mol. The van der Waals surface area contributed by atoms with Gasteiger partial charge in [-0.05, 0) is 6.07 Å². The molecule has 0 saturated heterocycles. The molecule has 2 heterocycles. The van der Waals surface area contributed by atoms with Crippen LogP contribution in [0.15, 0.2) is 18.5 Å². The first-order valence-electron chi connectivity index (χ1n) is 3.58. The van der Waals surface area contributed by atoms with Crippen molar-refractivity contribution < 1.29 is 4.79 Å². The number of nitrogens with zero attached hydrogens (tertiary/aromatic N) is 2. The van der Waals surface area contributed by atoms with E-state index in [9.17, 15) is 4.79 Å². The van der Waals surface area contributed by atoms with E-state index in [1.807, 2.05) is 6.07 Å². The molecule has 0 aliphatic heterocycles. The van der Waals surface area contributed by atoms with Crippen molar-refractivity contribution in [2.45, 2.75) is 6.92 Å². The van der Waals surface area contributed by atoms with E-state index in [-0.39, 0.29) is 11.6 Å². The molecule has 0 unspecified atom stereocenters. The lowest BCUT2D eigenvalue weighted by Gasteiger charge is -1.92. The minimum Gasteiger partial charge on any atom is -0.359 e. The molecule has 0 atom stereocenters. The molecule has 2 aromatic heterocycles. The van der Waals surface area contributed by atoms with Crippen LogP contribution in [0.2, 0.25) is 0 Å². The maximum atomic E-state index is 10.9. The van der Waals surface area contributed by atoms with Gasteiger partial charge in [0.05, 0.1) is 17.2 Å². The molecule has 0 bridgehead atoms. The summed E-state index contributed by atoms with van der Waals surface area (Å²) in [6.07, 6.45) is 3.38. The molecule has 2 rings (SSSR count). The first-order valence-corrected chi connectivity index (χ1v) is 3.58. The predicted octanol–water partition coefficient (Wildman–Crippen LogP) is 1.16. The fourth-order valence-corrected chi connectivity index (χ4v) is 1.01. The quantitative estimate of drug-likeness (QED) is 0.638. The first kappa shape index (κ1) is 6.97. The van der Waals surface area contributed by atoms with Gasteiger partial charge < -0.3 is 4.98 Å². The number of Topliss-reactive ketones (excluding diaryl/α,β-unsaturated/α-hetero) is 1. The molecule has 0 aliphatic rings. The Morgan fingerprint density at radius 3 is 3.17 bits per heavy atom. The van der Waals surface area contributed by atoms with E-state index in [0.29, 0.717) is 0 Å². The third kappa shape index (κ3) is 0.972. The number of H-pyrrole nitrogens is 1. The van der Waals surface area contributed by atoms with Crippen molar-refractivity contribution in [2.24, 2.45) is 0 Å². The number of rotatable bonds is 1. The van der Waals surface area contributed by atoms with E-state index in [2.05, 4.69) is 15.0 Å². The summed E-state index contributed by atoms with van der Waals surface area (Å²) in [5.74, 6) is 0.153. The zero-order chi connectivity index (χ0) is 8.55. The number of ketones is 1. The van der Waals surface area contributed by atoms with E-state index < -0.39 is 0 Å². The highest BCUT2D eigenvalue weighted by Gasteiger charge is 2.03.